The lowest BCUT2D eigenvalue weighted by Crippen LogP contribution is -2.27. The Balaban J connectivity index is 1.92. The van der Waals surface area contributed by atoms with E-state index in [0.717, 1.165) is 0 Å². The van der Waals surface area contributed by atoms with Gasteiger partial charge in [-0.25, -0.2) is 9.97 Å². The van der Waals surface area contributed by atoms with Crippen molar-refractivity contribution < 1.29 is 18.0 Å². The minimum absolute atomic E-state index is 0.0828. The van der Waals surface area contributed by atoms with Crippen LogP contribution in [0.4, 0.5) is 19.0 Å². The first-order valence-electron chi connectivity index (χ1n) is 6.72. The van der Waals surface area contributed by atoms with E-state index in [4.69, 9.17) is 0 Å². The second-order valence-corrected chi connectivity index (χ2v) is 5.20. The molecular formula is C14H13F3N4O. The highest BCUT2D eigenvalue weighted by Crippen LogP contribution is 2.32. The first kappa shape index (κ1) is 14.6. The third kappa shape index (κ3) is 2.95. The molecule has 1 aliphatic rings. The summed E-state index contributed by atoms with van der Waals surface area (Å²) < 4.78 is 38.7. The number of amides is 1. The summed E-state index contributed by atoms with van der Waals surface area (Å²) in [6.07, 6.45) is -3.96. The molecule has 2 aromatic rings. The van der Waals surface area contributed by atoms with Gasteiger partial charge in [0.15, 0.2) is 0 Å². The van der Waals surface area contributed by atoms with Gasteiger partial charge in [-0.05, 0) is 18.6 Å². The highest BCUT2D eigenvalue weighted by Gasteiger charge is 2.40. The third-order valence-corrected chi connectivity index (χ3v) is 3.36. The number of alkyl halides is 3. The van der Waals surface area contributed by atoms with Crippen molar-refractivity contribution in [2.45, 2.75) is 31.6 Å². The maximum absolute atomic E-state index is 12.9. The highest BCUT2D eigenvalue weighted by molar-refractivity contribution is 5.89. The van der Waals surface area contributed by atoms with Crippen molar-refractivity contribution in [2.75, 3.05) is 5.32 Å². The predicted octanol–water partition coefficient (Wildman–Crippen LogP) is 2.34. The number of nitrogens with one attached hydrogen (secondary N) is 2. The van der Waals surface area contributed by atoms with Crippen molar-refractivity contribution in [1.82, 2.24) is 15.3 Å². The average molecular weight is 310 g/mol. The van der Waals surface area contributed by atoms with Crippen molar-refractivity contribution in [3.8, 4) is 0 Å². The molecule has 1 saturated carbocycles. The van der Waals surface area contributed by atoms with Crippen LogP contribution in [0.5, 0.6) is 0 Å². The maximum atomic E-state index is 12.9. The number of halogens is 3. The Morgan fingerprint density at radius 3 is 2.64 bits per heavy atom. The number of para-hydroxylation sites is 1. The zero-order valence-corrected chi connectivity index (χ0v) is 11.6. The van der Waals surface area contributed by atoms with Gasteiger partial charge in [-0.2, -0.15) is 13.2 Å². The molecule has 0 radical (unpaired) electrons. The van der Waals surface area contributed by atoms with Gasteiger partial charge in [0.05, 0.1) is 11.6 Å². The first-order chi connectivity index (χ1) is 10.3. The molecular weight excluding hydrogens is 297 g/mol. The standard InChI is InChI=1S/C14H13F3N4O/c1-7(22)18-10-6-11(10)19-12-8-4-2-3-5-9(8)20-13(21-12)14(15,16)17/h2-5,10-11H,6H2,1H3,(H,18,22)(H,19,20,21). The van der Waals surface area contributed by atoms with Crippen LogP contribution in [0.15, 0.2) is 24.3 Å². The molecule has 1 aliphatic carbocycles. The van der Waals surface area contributed by atoms with Gasteiger partial charge in [0.2, 0.25) is 11.7 Å². The summed E-state index contributed by atoms with van der Waals surface area (Å²) in [6.45, 7) is 1.40. The molecule has 1 aromatic carbocycles. The van der Waals surface area contributed by atoms with Crippen LogP contribution in [0, 0.1) is 0 Å². The van der Waals surface area contributed by atoms with Gasteiger partial charge in [-0.15, -0.1) is 0 Å². The number of carbonyl (C=O) groups is 1. The number of benzene rings is 1. The lowest BCUT2D eigenvalue weighted by Gasteiger charge is -2.12. The van der Waals surface area contributed by atoms with Crippen molar-refractivity contribution in [3.05, 3.63) is 30.1 Å². The molecule has 1 amide bonds. The average Bonchev–Trinajstić information content (AvgIpc) is 3.14. The summed E-state index contributed by atoms with van der Waals surface area (Å²) in [7, 11) is 0. The van der Waals surface area contributed by atoms with Crippen molar-refractivity contribution >= 4 is 22.6 Å². The minimum Gasteiger partial charge on any atom is -0.365 e. The lowest BCUT2D eigenvalue weighted by molar-refractivity contribution is -0.144. The first-order valence-corrected chi connectivity index (χ1v) is 6.72. The van der Waals surface area contributed by atoms with Crippen LogP contribution in [0.25, 0.3) is 10.9 Å². The lowest BCUT2D eigenvalue weighted by atomic mass is 10.2. The Morgan fingerprint density at radius 2 is 1.95 bits per heavy atom. The molecule has 0 saturated heterocycles. The molecule has 0 spiro atoms. The zero-order valence-electron chi connectivity index (χ0n) is 11.6. The van der Waals surface area contributed by atoms with E-state index >= 15 is 0 Å². The molecule has 1 aromatic heterocycles. The number of hydrogen-bond donors (Lipinski definition) is 2. The van der Waals surface area contributed by atoms with E-state index in [0.29, 0.717) is 11.8 Å². The summed E-state index contributed by atoms with van der Waals surface area (Å²) in [6, 6.07) is 6.30. The Labute approximate surface area is 123 Å². The van der Waals surface area contributed by atoms with Crippen LogP contribution in [0.3, 0.4) is 0 Å². The quantitative estimate of drug-likeness (QED) is 0.913. The Morgan fingerprint density at radius 1 is 1.23 bits per heavy atom. The summed E-state index contributed by atoms with van der Waals surface area (Å²) in [5, 5.41) is 6.19. The normalized spacial score (nSPS) is 20.7. The number of hydrogen-bond acceptors (Lipinski definition) is 4. The Kier molecular flexibility index (Phi) is 3.38. The highest BCUT2D eigenvalue weighted by atomic mass is 19.4. The van der Waals surface area contributed by atoms with Gasteiger partial charge < -0.3 is 10.6 Å². The summed E-state index contributed by atoms with van der Waals surface area (Å²) in [4.78, 5) is 18.1. The summed E-state index contributed by atoms with van der Waals surface area (Å²) in [5.41, 5.74) is 0.226. The molecule has 2 unspecified atom stereocenters. The summed E-state index contributed by atoms with van der Waals surface area (Å²) >= 11 is 0. The molecule has 2 atom stereocenters. The molecule has 3 rings (SSSR count). The van der Waals surface area contributed by atoms with E-state index < -0.39 is 12.0 Å². The minimum atomic E-state index is -4.61. The van der Waals surface area contributed by atoms with Gasteiger partial charge in [-0.3, -0.25) is 4.79 Å². The summed E-state index contributed by atoms with van der Waals surface area (Å²) in [5.74, 6) is -1.21. The monoisotopic (exact) mass is 310 g/mol. The molecule has 8 heteroatoms. The smallest absolute Gasteiger partial charge is 0.365 e. The van der Waals surface area contributed by atoms with Crippen LogP contribution >= 0.6 is 0 Å². The van der Waals surface area contributed by atoms with E-state index in [-0.39, 0.29) is 29.3 Å². The molecule has 22 heavy (non-hydrogen) atoms. The van der Waals surface area contributed by atoms with Crippen LogP contribution in [-0.2, 0) is 11.0 Å². The molecule has 1 heterocycles. The number of rotatable bonds is 3. The van der Waals surface area contributed by atoms with E-state index in [9.17, 15) is 18.0 Å². The van der Waals surface area contributed by atoms with Crippen LogP contribution in [-0.4, -0.2) is 28.0 Å². The predicted molar refractivity (Wildman–Crippen MR) is 74.2 cm³/mol. The second kappa shape index (κ2) is 5.11. The van der Waals surface area contributed by atoms with E-state index in [1.807, 2.05) is 0 Å². The van der Waals surface area contributed by atoms with Gasteiger partial charge in [-0.1, -0.05) is 12.1 Å². The van der Waals surface area contributed by atoms with Crippen molar-refractivity contribution in [1.29, 1.82) is 0 Å². The third-order valence-electron chi connectivity index (χ3n) is 3.36. The SMILES string of the molecule is CC(=O)NC1CC1Nc1nc(C(F)(F)F)nc2ccccc12. The van der Waals surface area contributed by atoms with Gasteiger partial charge in [0, 0.05) is 18.4 Å². The van der Waals surface area contributed by atoms with Crippen molar-refractivity contribution in [3.63, 3.8) is 0 Å². The number of anilines is 1. The largest absolute Gasteiger partial charge is 0.451 e. The van der Waals surface area contributed by atoms with Crippen molar-refractivity contribution in [2.24, 2.45) is 0 Å². The Bertz CT molecular complexity index is 732. The van der Waals surface area contributed by atoms with Crippen LogP contribution < -0.4 is 10.6 Å². The zero-order chi connectivity index (χ0) is 15.9. The fourth-order valence-electron chi connectivity index (χ4n) is 2.26. The number of aromatic nitrogens is 2. The molecule has 0 aliphatic heterocycles. The topological polar surface area (TPSA) is 66.9 Å². The maximum Gasteiger partial charge on any atom is 0.451 e. The molecule has 0 bridgehead atoms. The molecule has 116 valence electrons. The second-order valence-electron chi connectivity index (χ2n) is 5.20. The van der Waals surface area contributed by atoms with Gasteiger partial charge >= 0.3 is 6.18 Å². The fourth-order valence-corrected chi connectivity index (χ4v) is 2.26. The fraction of sp³-hybridized carbons (Fsp3) is 0.357. The Hall–Kier alpha value is -2.38. The van der Waals surface area contributed by atoms with Gasteiger partial charge in [0.25, 0.3) is 0 Å². The van der Waals surface area contributed by atoms with E-state index in [1.54, 1.807) is 18.2 Å². The van der Waals surface area contributed by atoms with E-state index in [2.05, 4.69) is 20.6 Å². The number of fused-ring (bicyclic) bond motifs is 1. The number of carbonyl (C=O) groups excluding carboxylic acids is 1. The molecule has 2 N–H and O–H groups in total. The van der Waals surface area contributed by atoms with E-state index in [1.165, 1.54) is 13.0 Å². The van der Waals surface area contributed by atoms with Gasteiger partial charge in [0.1, 0.15) is 5.82 Å². The molecule has 1 fully saturated rings. The number of nitrogens with zero attached hydrogens (tertiary/aromatic N) is 2. The van der Waals surface area contributed by atoms with Crippen LogP contribution in [0.2, 0.25) is 0 Å². The van der Waals surface area contributed by atoms with Crippen LogP contribution in [0.1, 0.15) is 19.2 Å². The molecule has 5 nitrogen and oxygen atoms in total.